The second-order valence-electron chi connectivity index (χ2n) is 7.41. The van der Waals surface area contributed by atoms with Crippen LogP contribution in [0.5, 0.6) is 11.5 Å². The second kappa shape index (κ2) is 7.31. The highest BCUT2D eigenvalue weighted by molar-refractivity contribution is 5.95. The zero-order chi connectivity index (χ0) is 20.7. The first-order valence-electron chi connectivity index (χ1n) is 9.71. The van der Waals surface area contributed by atoms with Crippen molar-refractivity contribution in [2.75, 3.05) is 33.0 Å². The predicted octanol–water partition coefficient (Wildman–Crippen LogP) is 3.10. The number of nitrogen functional groups attached to an aromatic ring is 1. The van der Waals surface area contributed by atoms with Gasteiger partial charge in [-0.05, 0) is 37.4 Å². The third-order valence-corrected chi connectivity index (χ3v) is 5.38. The summed E-state index contributed by atoms with van der Waals surface area (Å²) in [6.07, 6.45) is 3.63. The van der Waals surface area contributed by atoms with E-state index in [1.165, 1.54) is 0 Å². The van der Waals surface area contributed by atoms with Gasteiger partial charge in [-0.3, -0.25) is 4.90 Å². The van der Waals surface area contributed by atoms with Crippen LogP contribution in [0, 0.1) is 0 Å². The number of H-pyrrole nitrogens is 1. The van der Waals surface area contributed by atoms with Gasteiger partial charge >= 0.3 is 0 Å². The molecule has 0 unspecified atom stereocenters. The number of aromatic nitrogens is 4. The molecule has 4 aromatic rings. The summed E-state index contributed by atoms with van der Waals surface area (Å²) in [5.74, 6) is 1.83. The van der Waals surface area contributed by atoms with Crippen LogP contribution < -0.4 is 15.2 Å². The number of pyridine rings is 1. The fraction of sp³-hybridized carbons (Fsp3) is 0.227. The fourth-order valence-electron chi connectivity index (χ4n) is 3.75. The standard InChI is InChI=1S/C22H22N6O2/c1-28-5-6-30-19-4-3-13(7-15(19)12-28)18-9-16-17(11-25-22(16)27-26-18)14-8-20(29-2)21(23)24-10-14/h3-4,7-11H,5-6,12H2,1-2H3,(H2,23,24)(H,25,27). The predicted molar refractivity (Wildman–Crippen MR) is 115 cm³/mol. The molecule has 0 saturated heterocycles. The molecular formula is C22H22N6O2. The highest BCUT2D eigenvalue weighted by atomic mass is 16.5. The van der Waals surface area contributed by atoms with Crippen molar-refractivity contribution in [1.29, 1.82) is 0 Å². The number of methoxy groups -OCH3 is 1. The van der Waals surface area contributed by atoms with Gasteiger partial charge in [-0.25, -0.2) is 4.98 Å². The Morgan fingerprint density at radius 3 is 2.93 bits per heavy atom. The molecule has 1 aromatic carbocycles. The SMILES string of the molecule is COc1cc(-c2c[nH]c3nnc(-c4ccc5c(c4)CN(C)CCO5)cc23)cnc1N. The van der Waals surface area contributed by atoms with Crippen LogP contribution in [-0.4, -0.2) is 52.4 Å². The molecule has 152 valence electrons. The van der Waals surface area contributed by atoms with Crippen LogP contribution in [0.2, 0.25) is 0 Å². The number of ether oxygens (including phenoxy) is 2. The molecule has 0 fully saturated rings. The lowest BCUT2D eigenvalue weighted by Crippen LogP contribution is -2.20. The highest BCUT2D eigenvalue weighted by Gasteiger charge is 2.16. The minimum atomic E-state index is 0.360. The lowest BCUT2D eigenvalue weighted by atomic mass is 10.0. The topological polar surface area (TPSA) is 102 Å². The minimum Gasteiger partial charge on any atom is -0.493 e. The van der Waals surface area contributed by atoms with Gasteiger partial charge in [0.2, 0.25) is 0 Å². The van der Waals surface area contributed by atoms with Crippen molar-refractivity contribution >= 4 is 16.9 Å². The Morgan fingerprint density at radius 2 is 2.07 bits per heavy atom. The number of anilines is 1. The van der Waals surface area contributed by atoms with Gasteiger partial charge in [0, 0.05) is 53.1 Å². The molecule has 5 rings (SSSR count). The number of nitrogens with two attached hydrogens (primary N) is 1. The van der Waals surface area contributed by atoms with Gasteiger partial charge in [-0.1, -0.05) is 0 Å². The van der Waals surface area contributed by atoms with E-state index in [4.69, 9.17) is 15.2 Å². The summed E-state index contributed by atoms with van der Waals surface area (Å²) in [4.78, 5) is 9.67. The quantitative estimate of drug-likeness (QED) is 0.543. The number of nitrogens with one attached hydrogen (secondary N) is 1. The van der Waals surface area contributed by atoms with Crippen LogP contribution in [0.25, 0.3) is 33.4 Å². The summed E-state index contributed by atoms with van der Waals surface area (Å²) >= 11 is 0. The minimum absolute atomic E-state index is 0.360. The fourth-order valence-corrected chi connectivity index (χ4v) is 3.75. The molecule has 0 amide bonds. The Morgan fingerprint density at radius 1 is 1.17 bits per heavy atom. The average molecular weight is 402 g/mol. The van der Waals surface area contributed by atoms with Crippen molar-refractivity contribution in [1.82, 2.24) is 25.1 Å². The second-order valence-corrected chi connectivity index (χ2v) is 7.41. The highest BCUT2D eigenvalue weighted by Crippen LogP contribution is 2.34. The molecule has 8 nitrogen and oxygen atoms in total. The van der Waals surface area contributed by atoms with Crippen molar-refractivity contribution in [3.63, 3.8) is 0 Å². The largest absolute Gasteiger partial charge is 0.493 e. The monoisotopic (exact) mass is 402 g/mol. The maximum absolute atomic E-state index is 5.86. The zero-order valence-corrected chi connectivity index (χ0v) is 16.8. The van der Waals surface area contributed by atoms with Gasteiger partial charge in [0.1, 0.15) is 12.4 Å². The zero-order valence-electron chi connectivity index (χ0n) is 16.8. The Balaban J connectivity index is 1.58. The maximum Gasteiger partial charge on any atom is 0.166 e. The Hall–Kier alpha value is -3.65. The van der Waals surface area contributed by atoms with Crippen LogP contribution >= 0.6 is 0 Å². The Bertz CT molecular complexity index is 1240. The first-order valence-corrected chi connectivity index (χ1v) is 9.71. The molecule has 3 aromatic heterocycles. The number of benzene rings is 1. The molecule has 0 aliphatic carbocycles. The number of nitrogens with zero attached hydrogens (tertiary/aromatic N) is 4. The molecule has 30 heavy (non-hydrogen) atoms. The molecule has 8 heteroatoms. The normalized spacial score (nSPS) is 14.2. The molecule has 0 atom stereocenters. The van der Waals surface area contributed by atoms with E-state index in [1.54, 1.807) is 13.3 Å². The van der Waals surface area contributed by atoms with Crippen molar-refractivity contribution in [2.45, 2.75) is 6.54 Å². The van der Waals surface area contributed by atoms with Crippen LogP contribution in [0.4, 0.5) is 5.82 Å². The lowest BCUT2D eigenvalue weighted by molar-refractivity contribution is 0.259. The van der Waals surface area contributed by atoms with Crippen molar-refractivity contribution in [3.05, 3.63) is 48.3 Å². The van der Waals surface area contributed by atoms with Gasteiger partial charge < -0.3 is 20.2 Å². The van der Waals surface area contributed by atoms with E-state index in [2.05, 4.69) is 38.2 Å². The summed E-state index contributed by atoms with van der Waals surface area (Å²) in [6, 6.07) is 10.1. The van der Waals surface area contributed by atoms with E-state index in [1.807, 2.05) is 30.5 Å². The first-order chi connectivity index (χ1) is 14.6. The van der Waals surface area contributed by atoms with Gasteiger partial charge in [0.15, 0.2) is 17.2 Å². The Kier molecular flexibility index (Phi) is 4.48. The van der Waals surface area contributed by atoms with Crippen molar-refractivity contribution in [3.8, 4) is 33.9 Å². The molecule has 0 spiro atoms. The van der Waals surface area contributed by atoms with Gasteiger partial charge in [-0.2, -0.15) is 0 Å². The average Bonchev–Trinajstić information content (AvgIpc) is 3.08. The molecule has 3 N–H and O–H groups in total. The molecule has 1 aliphatic heterocycles. The van der Waals surface area contributed by atoms with Crippen LogP contribution in [0.3, 0.4) is 0 Å². The maximum atomic E-state index is 5.86. The molecule has 0 bridgehead atoms. The summed E-state index contributed by atoms with van der Waals surface area (Å²) in [5.41, 5.74) is 11.4. The van der Waals surface area contributed by atoms with Crippen LogP contribution in [-0.2, 0) is 6.54 Å². The number of fused-ring (bicyclic) bond motifs is 2. The number of hydrogen-bond donors (Lipinski definition) is 2. The van der Waals surface area contributed by atoms with E-state index < -0.39 is 0 Å². The Labute approximate surface area is 173 Å². The summed E-state index contributed by atoms with van der Waals surface area (Å²) < 4.78 is 11.2. The number of rotatable bonds is 3. The van der Waals surface area contributed by atoms with E-state index in [-0.39, 0.29) is 0 Å². The van der Waals surface area contributed by atoms with Crippen molar-refractivity contribution < 1.29 is 9.47 Å². The first kappa shape index (κ1) is 18.4. The van der Waals surface area contributed by atoms with Gasteiger partial charge in [0.25, 0.3) is 0 Å². The van der Waals surface area contributed by atoms with E-state index in [9.17, 15) is 0 Å². The molecule has 1 aliphatic rings. The van der Waals surface area contributed by atoms with Gasteiger partial charge in [0.05, 0.1) is 12.8 Å². The van der Waals surface area contributed by atoms with Crippen molar-refractivity contribution in [2.24, 2.45) is 0 Å². The third kappa shape index (κ3) is 3.21. The number of likely N-dealkylation sites (N-methyl/N-ethyl adjacent to an activating group) is 1. The summed E-state index contributed by atoms with van der Waals surface area (Å²) in [6.45, 7) is 2.44. The summed E-state index contributed by atoms with van der Waals surface area (Å²) in [5, 5.41) is 9.77. The van der Waals surface area contributed by atoms with Crippen LogP contribution in [0.15, 0.2) is 42.7 Å². The van der Waals surface area contributed by atoms with Gasteiger partial charge in [-0.15, -0.1) is 10.2 Å². The van der Waals surface area contributed by atoms with E-state index in [0.717, 1.165) is 52.2 Å². The van der Waals surface area contributed by atoms with E-state index >= 15 is 0 Å². The third-order valence-electron chi connectivity index (χ3n) is 5.38. The van der Waals surface area contributed by atoms with Crippen LogP contribution in [0.1, 0.15) is 5.56 Å². The number of aromatic amines is 1. The lowest BCUT2D eigenvalue weighted by Gasteiger charge is -2.12. The number of hydrogen-bond acceptors (Lipinski definition) is 7. The molecular weight excluding hydrogens is 380 g/mol. The molecule has 0 saturated carbocycles. The molecule has 0 radical (unpaired) electrons. The molecule has 4 heterocycles. The smallest absolute Gasteiger partial charge is 0.166 e. The summed E-state index contributed by atoms with van der Waals surface area (Å²) in [7, 11) is 3.67. The van der Waals surface area contributed by atoms with E-state index in [0.29, 0.717) is 23.8 Å².